The molecule has 0 spiro atoms. The predicted octanol–water partition coefficient (Wildman–Crippen LogP) is 3.22. The third-order valence-electron chi connectivity index (χ3n) is 3.45. The molecule has 1 aliphatic rings. The number of nitrogens with zero attached hydrogens (tertiary/aromatic N) is 1. The van der Waals surface area contributed by atoms with E-state index in [9.17, 15) is 9.59 Å². The van der Waals surface area contributed by atoms with Crippen LogP contribution in [0.1, 0.15) is 38.1 Å². The largest absolute Gasteiger partial charge is 0.354 e. The van der Waals surface area contributed by atoms with Gasteiger partial charge in [0, 0.05) is 29.6 Å². The Bertz CT molecular complexity index is 565. The van der Waals surface area contributed by atoms with Crippen LogP contribution in [0.5, 0.6) is 0 Å². The first kappa shape index (κ1) is 17.2. The average Bonchev–Trinajstić information content (AvgIpc) is 2.72. The first-order valence-electron chi connectivity index (χ1n) is 7.40. The van der Waals surface area contributed by atoms with Crippen molar-refractivity contribution in [3.63, 3.8) is 0 Å². The van der Waals surface area contributed by atoms with Crippen LogP contribution in [0.2, 0.25) is 5.02 Å². The highest BCUT2D eigenvalue weighted by Crippen LogP contribution is 2.44. The summed E-state index contributed by atoms with van der Waals surface area (Å²) in [5, 5.41) is 3.26. The van der Waals surface area contributed by atoms with E-state index in [0.29, 0.717) is 18.0 Å². The molecule has 1 heterocycles. The predicted molar refractivity (Wildman–Crippen MR) is 90.9 cm³/mol. The number of carbonyl (C=O) groups excluding carboxylic acids is 2. The molecule has 6 heteroatoms. The molecule has 0 saturated carbocycles. The standard InChI is InChI=1S/C16H21ClN2O2S/c1-10(2)18-14(20)8-9-19-15(21)11(3)22-16(19)12-6-4-5-7-13(12)17/h4-7,10-11,16H,8-9H2,1-3H3,(H,18,20). The smallest absolute Gasteiger partial charge is 0.236 e. The van der Waals surface area contributed by atoms with Gasteiger partial charge in [0.1, 0.15) is 5.37 Å². The zero-order valence-electron chi connectivity index (χ0n) is 13.0. The van der Waals surface area contributed by atoms with Gasteiger partial charge in [0.25, 0.3) is 0 Å². The van der Waals surface area contributed by atoms with Gasteiger partial charge in [-0.25, -0.2) is 0 Å². The van der Waals surface area contributed by atoms with Crippen molar-refractivity contribution < 1.29 is 9.59 Å². The normalized spacial score (nSPS) is 21.5. The molecule has 0 radical (unpaired) electrons. The van der Waals surface area contributed by atoms with Gasteiger partial charge in [-0.15, -0.1) is 11.8 Å². The van der Waals surface area contributed by atoms with Crippen LogP contribution >= 0.6 is 23.4 Å². The van der Waals surface area contributed by atoms with Crippen LogP contribution in [0.15, 0.2) is 24.3 Å². The van der Waals surface area contributed by atoms with Crippen LogP contribution in [0.25, 0.3) is 0 Å². The molecule has 1 aromatic carbocycles. The Hall–Kier alpha value is -1.20. The third-order valence-corrected chi connectivity index (χ3v) is 5.17. The molecule has 4 nitrogen and oxygen atoms in total. The van der Waals surface area contributed by atoms with Gasteiger partial charge in [-0.05, 0) is 26.8 Å². The van der Waals surface area contributed by atoms with Crippen LogP contribution in [-0.2, 0) is 9.59 Å². The molecule has 2 unspecified atom stereocenters. The number of rotatable bonds is 5. The number of amides is 2. The van der Waals surface area contributed by atoms with Gasteiger partial charge in [-0.2, -0.15) is 0 Å². The van der Waals surface area contributed by atoms with E-state index in [2.05, 4.69) is 5.32 Å². The molecule has 0 aliphatic carbocycles. The quantitative estimate of drug-likeness (QED) is 0.895. The van der Waals surface area contributed by atoms with Crippen LogP contribution in [0.3, 0.4) is 0 Å². The Morgan fingerprint density at radius 3 is 2.73 bits per heavy atom. The molecular formula is C16H21ClN2O2S. The minimum Gasteiger partial charge on any atom is -0.354 e. The van der Waals surface area contributed by atoms with E-state index in [1.165, 1.54) is 0 Å². The number of carbonyl (C=O) groups is 2. The van der Waals surface area contributed by atoms with Gasteiger partial charge >= 0.3 is 0 Å². The third kappa shape index (κ3) is 3.96. The molecule has 2 atom stereocenters. The fourth-order valence-electron chi connectivity index (χ4n) is 2.43. The van der Waals surface area contributed by atoms with Gasteiger partial charge in [0.05, 0.1) is 5.25 Å². The molecule has 1 aromatic rings. The molecule has 120 valence electrons. The maximum absolute atomic E-state index is 12.4. The van der Waals surface area contributed by atoms with E-state index in [4.69, 9.17) is 11.6 Å². The average molecular weight is 341 g/mol. The van der Waals surface area contributed by atoms with E-state index >= 15 is 0 Å². The molecule has 0 aromatic heterocycles. The van der Waals surface area contributed by atoms with E-state index in [0.717, 1.165) is 5.56 Å². The maximum Gasteiger partial charge on any atom is 0.236 e. The van der Waals surface area contributed by atoms with Crippen LogP contribution in [0.4, 0.5) is 0 Å². The minimum absolute atomic E-state index is 0.0368. The lowest BCUT2D eigenvalue weighted by molar-refractivity contribution is -0.130. The van der Waals surface area contributed by atoms with Gasteiger partial charge in [-0.1, -0.05) is 29.8 Å². The van der Waals surface area contributed by atoms with Crippen molar-refractivity contribution in [1.82, 2.24) is 10.2 Å². The highest BCUT2D eigenvalue weighted by Gasteiger charge is 2.39. The Morgan fingerprint density at radius 1 is 1.41 bits per heavy atom. The van der Waals surface area contributed by atoms with Crippen molar-refractivity contribution in [2.45, 2.75) is 43.9 Å². The number of halogens is 1. The second-order valence-corrected chi connectivity index (χ2v) is 7.49. The lowest BCUT2D eigenvalue weighted by Gasteiger charge is -2.24. The summed E-state index contributed by atoms with van der Waals surface area (Å²) in [7, 11) is 0. The van der Waals surface area contributed by atoms with Crippen molar-refractivity contribution in [2.75, 3.05) is 6.54 Å². The van der Waals surface area contributed by atoms with E-state index in [-0.39, 0.29) is 28.5 Å². The minimum atomic E-state index is -0.122. The molecule has 2 amide bonds. The number of benzene rings is 1. The monoisotopic (exact) mass is 340 g/mol. The first-order valence-corrected chi connectivity index (χ1v) is 8.72. The van der Waals surface area contributed by atoms with E-state index in [1.807, 2.05) is 45.0 Å². The summed E-state index contributed by atoms with van der Waals surface area (Å²) in [4.78, 5) is 26.0. The summed E-state index contributed by atoms with van der Waals surface area (Å²) in [5.74, 6) is 0.0255. The zero-order chi connectivity index (χ0) is 16.3. The molecule has 2 rings (SSSR count). The van der Waals surface area contributed by atoms with Crippen molar-refractivity contribution in [3.8, 4) is 0 Å². The molecule has 1 saturated heterocycles. The number of nitrogens with one attached hydrogen (secondary N) is 1. The summed E-state index contributed by atoms with van der Waals surface area (Å²) in [6.07, 6.45) is 0.304. The fourth-order valence-corrected chi connectivity index (χ4v) is 4.08. The molecule has 1 aliphatic heterocycles. The van der Waals surface area contributed by atoms with Crippen molar-refractivity contribution in [2.24, 2.45) is 0 Å². The molecule has 1 N–H and O–H groups in total. The van der Waals surface area contributed by atoms with Gasteiger partial charge in [-0.3, -0.25) is 9.59 Å². The molecular weight excluding hydrogens is 320 g/mol. The second kappa shape index (κ2) is 7.38. The van der Waals surface area contributed by atoms with Crippen molar-refractivity contribution in [1.29, 1.82) is 0 Å². The number of thioether (sulfide) groups is 1. The Kier molecular flexibility index (Phi) is 5.75. The van der Waals surface area contributed by atoms with Crippen LogP contribution in [-0.4, -0.2) is 34.6 Å². The molecule has 0 bridgehead atoms. The Labute approximate surface area is 140 Å². The number of hydrogen-bond donors (Lipinski definition) is 1. The SMILES string of the molecule is CC(C)NC(=O)CCN1C(=O)C(C)SC1c1ccccc1Cl. The van der Waals surface area contributed by atoms with Crippen LogP contribution in [0, 0.1) is 0 Å². The summed E-state index contributed by atoms with van der Waals surface area (Å²) in [5.41, 5.74) is 0.927. The van der Waals surface area contributed by atoms with Crippen molar-refractivity contribution in [3.05, 3.63) is 34.9 Å². The summed E-state index contributed by atoms with van der Waals surface area (Å²) in [6, 6.07) is 7.66. The summed E-state index contributed by atoms with van der Waals surface area (Å²) in [6.45, 7) is 6.14. The molecule has 1 fully saturated rings. The van der Waals surface area contributed by atoms with E-state index < -0.39 is 0 Å². The lowest BCUT2D eigenvalue weighted by atomic mass is 10.2. The zero-order valence-corrected chi connectivity index (χ0v) is 14.6. The summed E-state index contributed by atoms with van der Waals surface area (Å²) < 4.78 is 0. The maximum atomic E-state index is 12.4. The summed E-state index contributed by atoms with van der Waals surface area (Å²) >= 11 is 7.84. The highest BCUT2D eigenvalue weighted by atomic mass is 35.5. The Morgan fingerprint density at radius 2 is 2.09 bits per heavy atom. The van der Waals surface area contributed by atoms with E-state index in [1.54, 1.807) is 16.7 Å². The van der Waals surface area contributed by atoms with Crippen molar-refractivity contribution >= 4 is 35.2 Å². The second-order valence-electron chi connectivity index (χ2n) is 5.66. The van der Waals surface area contributed by atoms with Gasteiger partial charge in [0.15, 0.2) is 0 Å². The van der Waals surface area contributed by atoms with Gasteiger partial charge in [0.2, 0.25) is 11.8 Å². The van der Waals surface area contributed by atoms with Gasteiger partial charge < -0.3 is 10.2 Å². The Balaban J connectivity index is 2.11. The number of hydrogen-bond acceptors (Lipinski definition) is 3. The first-order chi connectivity index (χ1) is 10.4. The lowest BCUT2D eigenvalue weighted by Crippen LogP contribution is -2.36. The van der Waals surface area contributed by atoms with Crippen LogP contribution < -0.4 is 5.32 Å². The molecule has 22 heavy (non-hydrogen) atoms. The highest BCUT2D eigenvalue weighted by molar-refractivity contribution is 8.01. The fraction of sp³-hybridized carbons (Fsp3) is 0.500. The topological polar surface area (TPSA) is 49.4 Å².